The summed E-state index contributed by atoms with van der Waals surface area (Å²) in [6, 6.07) is 17.2. The molecule has 186 valence electrons. The van der Waals surface area contributed by atoms with Crippen LogP contribution in [0.5, 0.6) is 5.75 Å². The number of benzene rings is 3. The van der Waals surface area contributed by atoms with E-state index in [0.717, 1.165) is 29.6 Å². The molecule has 0 fully saturated rings. The summed E-state index contributed by atoms with van der Waals surface area (Å²) in [4.78, 5) is 12.9. The Morgan fingerprint density at radius 2 is 1.66 bits per heavy atom. The lowest BCUT2D eigenvalue weighted by Gasteiger charge is -2.23. The molecule has 0 heterocycles. The number of nitrogens with zero attached hydrogens (tertiary/aromatic N) is 1. The van der Waals surface area contributed by atoms with Crippen molar-refractivity contribution >= 4 is 44.8 Å². The Bertz CT molecular complexity index is 1290. The van der Waals surface area contributed by atoms with E-state index in [1.165, 1.54) is 10.4 Å². The smallest absolute Gasteiger partial charge is 0.251 e. The minimum atomic E-state index is -3.61. The van der Waals surface area contributed by atoms with E-state index in [9.17, 15) is 13.2 Å². The van der Waals surface area contributed by atoms with Crippen LogP contribution in [0.2, 0.25) is 10.0 Å². The molecule has 0 radical (unpaired) electrons. The van der Waals surface area contributed by atoms with Crippen molar-refractivity contribution in [2.75, 3.05) is 17.7 Å². The zero-order chi connectivity index (χ0) is 25.8. The van der Waals surface area contributed by atoms with Crippen LogP contribution in [0, 0.1) is 6.92 Å². The number of carbonyl (C=O) groups excluding carboxylic acids is 1. The second kappa shape index (κ2) is 11.3. The standard InChI is InChI=1S/C26H28Cl2N2O4S/c1-5-24(20-10-11-25(34-3)17(2)12-20)29-26(31)19-8-6-18(7-9-19)16-30(35(4,32)33)23-14-21(27)13-22(28)15-23/h6-15,24H,5,16H2,1-4H3,(H,29,31)/t24-/m0/s1. The van der Waals surface area contributed by atoms with E-state index in [1.807, 2.05) is 32.0 Å². The number of halogens is 2. The highest BCUT2D eigenvalue weighted by Gasteiger charge is 2.20. The van der Waals surface area contributed by atoms with E-state index >= 15 is 0 Å². The van der Waals surface area contributed by atoms with Crippen LogP contribution < -0.4 is 14.4 Å². The van der Waals surface area contributed by atoms with Crippen LogP contribution in [0.4, 0.5) is 5.69 Å². The van der Waals surface area contributed by atoms with E-state index < -0.39 is 10.0 Å². The van der Waals surface area contributed by atoms with Crippen molar-refractivity contribution < 1.29 is 17.9 Å². The molecule has 1 N–H and O–H groups in total. The molecule has 35 heavy (non-hydrogen) atoms. The molecule has 1 atom stereocenters. The molecule has 0 saturated heterocycles. The molecule has 0 spiro atoms. The van der Waals surface area contributed by atoms with Crippen molar-refractivity contribution in [3.63, 3.8) is 0 Å². The highest BCUT2D eigenvalue weighted by molar-refractivity contribution is 7.92. The Hall–Kier alpha value is -2.74. The maximum absolute atomic E-state index is 12.9. The minimum Gasteiger partial charge on any atom is -0.496 e. The summed E-state index contributed by atoms with van der Waals surface area (Å²) in [5.74, 6) is 0.590. The summed E-state index contributed by atoms with van der Waals surface area (Å²) < 4.78 is 31.5. The third-order valence-electron chi connectivity index (χ3n) is 5.61. The predicted molar refractivity (Wildman–Crippen MR) is 142 cm³/mol. The van der Waals surface area contributed by atoms with Crippen molar-refractivity contribution in [2.24, 2.45) is 0 Å². The first kappa shape index (κ1) is 26.9. The minimum absolute atomic E-state index is 0.0696. The topological polar surface area (TPSA) is 75.7 Å². The van der Waals surface area contributed by atoms with Gasteiger partial charge in [-0.2, -0.15) is 0 Å². The van der Waals surface area contributed by atoms with Gasteiger partial charge in [-0.25, -0.2) is 8.42 Å². The summed E-state index contributed by atoms with van der Waals surface area (Å²) in [6.07, 6.45) is 1.84. The van der Waals surface area contributed by atoms with E-state index in [-0.39, 0.29) is 18.5 Å². The van der Waals surface area contributed by atoms with E-state index in [0.29, 0.717) is 26.9 Å². The number of amides is 1. The van der Waals surface area contributed by atoms with Gasteiger partial charge in [0.05, 0.1) is 31.6 Å². The quantitative estimate of drug-likeness (QED) is 0.356. The van der Waals surface area contributed by atoms with Gasteiger partial charge in [0.15, 0.2) is 0 Å². The number of hydrogen-bond donors (Lipinski definition) is 1. The molecule has 3 aromatic rings. The normalized spacial score (nSPS) is 12.2. The molecule has 3 aromatic carbocycles. The fourth-order valence-electron chi connectivity index (χ4n) is 3.79. The molecule has 0 unspecified atom stereocenters. The van der Waals surface area contributed by atoms with Crippen molar-refractivity contribution in [3.05, 3.63) is 93.0 Å². The van der Waals surface area contributed by atoms with Crippen LogP contribution in [-0.2, 0) is 16.6 Å². The van der Waals surface area contributed by atoms with Gasteiger partial charge in [-0.3, -0.25) is 9.10 Å². The molecule has 0 saturated carbocycles. The van der Waals surface area contributed by atoms with Crippen molar-refractivity contribution in [1.82, 2.24) is 5.32 Å². The Morgan fingerprint density at radius 1 is 1.03 bits per heavy atom. The fourth-order valence-corrected chi connectivity index (χ4v) is 5.18. The molecule has 0 aliphatic carbocycles. The largest absolute Gasteiger partial charge is 0.496 e. The maximum atomic E-state index is 12.9. The van der Waals surface area contributed by atoms with Crippen molar-refractivity contribution in [2.45, 2.75) is 32.9 Å². The van der Waals surface area contributed by atoms with Gasteiger partial charge in [-0.1, -0.05) is 54.4 Å². The van der Waals surface area contributed by atoms with Crippen molar-refractivity contribution in [3.8, 4) is 5.75 Å². The molecule has 0 bridgehead atoms. The number of nitrogens with one attached hydrogen (secondary N) is 1. The molecule has 0 aliphatic heterocycles. The van der Waals surface area contributed by atoms with Gasteiger partial charge in [0.2, 0.25) is 10.0 Å². The first-order valence-electron chi connectivity index (χ1n) is 11.0. The predicted octanol–water partition coefficient (Wildman–Crippen LogP) is 6.16. The maximum Gasteiger partial charge on any atom is 0.251 e. The number of aryl methyl sites for hydroxylation is 1. The van der Waals surface area contributed by atoms with Crippen LogP contribution in [0.3, 0.4) is 0 Å². The Kier molecular flexibility index (Phi) is 8.70. The van der Waals surface area contributed by atoms with Gasteiger partial charge in [0.1, 0.15) is 5.75 Å². The lowest BCUT2D eigenvalue weighted by molar-refractivity contribution is 0.0935. The van der Waals surface area contributed by atoms with Gasteiger partial charge in [0.25, 0.3) is 5.91 Å². The molecule has 3 rings (SSSR count). The molecular formula is C26H28Cl2N2O4S. The number of anilines is 1. The SMILES string of the molecule is CC[C@H](NC(=O)c1ccc(CN(c2cc(Cl)cc(Cl)c2)S(C)(=O)=O)cc1)c1ccc(OC)c(C)c1. The summed E-state index contributed by atoms with van der Waals surface area (Å²) in [7, 11) is -1.98. The third kappa shape index (κ3) is 6.90. The monoisotopic (exact) mass is 534 g/mol. The molecule has 0 aliphatic rings. The first-order valence-corrected chi connectivity index (χ1v) is 13.6. The van der Waals surface area contributed by atoms with Gasteiger partial charge in [-0.15, -0.1) is 0 Å². The second-order valence-corrected chi connectivity index (χ2v) is 11.0. The zero-order valence-corrected chi connectivity index (χ0v) is 22.3. The van der Waals surface area contributed by atoms with Gasteiger partial charge < -0.3 is 10.1 Å². The first-order chi connectivity index (χ1) is 16.5. The molecule has 6 nitrogen and oxygen atoms in total. The van der Waals surface area contributed by atoms with Crippen LogP contribution >= 0.6 is 23.2 Å². The van der Waals surface area contributed by atoms with Crippen LogP contribution in [-0.4, -0.2) is 27.7 Å². The average Bonchev–Trinajstić information content (AvgIpc) is 2.79. The Balaban J connectivity index is 1.76. The van der Waals surface area contributed by atoms with Gasteiger partial charge in [0, 0.05) is 15.6 Å². The zero-order valence-electron chi connectivity index (χ0n) is 20.0. The Morgan fingerprint density at radius 3 is 2.17 bits per heavy atom. The molecule has 1 amide bonds. The number of hydrogen-bond acceptors (Lipinski definition) is 4. The average molecular weight is 535 g/mol. The summed E-state index contributed by atoms with van der Waals surface area (Å²) in [6.45, 7) is 4.04. The second-order valence-electron chi connectivity index (χ2n) is 8.26. The summed E-state index contributed by atoms with van der Waals surface area (Å²) >= 11 is 12.1. The highest BCUT2D eigenvalue weighted by Crippen LogP contribution is 2.29. The lowest BCUT2D eigenvalue weighted by atomic mass is 10.0. The number of sulfonamides is 1. The number of rotatable bonds is 9. The third-order valence-corrected chi connectivity index (χ3v) is 7.19. The number of ether oxygens (including phenoxy) is 1. The van der Waals surface area contributed by atoms with Crippen LogP contribution in [0.15, 0.2) is 60.7 Å². The van der Waals surface area contributed by atoms with Gasteiger partial charge >= 0.3 is 0 Å². The molecular weight excluding hydrogens is 507 g/mol. The Labute approximate surface area is 216 Å². The highest BCUT2D eigenvalue weighted by atomic mass is 35.5. The number of carbonyl (C=O) groups is 1. The molecule has 0 aromatic heterocycles. The lowest BCUT2D eigenvalue weighted by Crippen LogP contribution is -2.29. The van der Waals surface area contributed by atoms with Gasteiger partial charge in [-0.05, 0) is 66.4 Å². The summed E-state index contributed by atoms with van der Waals surface area (Å²) in [5.41, 5.74) is 3.56. The van der Waals surface area contributed by atoms with E-state index in [2.05, 4.69) is 5.32 Å². The van der Waals surface area contributed by atoms with Crippen LogP contribution in [0.25, 0.3) is 0 Å². The number of methoxy groups -OCH3 is 1. The molecule has 9 heteroatoms. The van der Waals surface area contributed by atoms with Crippen molar-refractivity contribution in [1.29, 1.82) is 0 Å². The van der Waals surface area contributed by atoms with Crippen LogP contribution in [0.1, 0.15) is 46.4 Å². The van der Waals surface area contributed by atoms with E-state index in [4.69, 9.17) is 27.9 Å². The van der Waals surface area contributed by atoms with E-state index in [1.54, 1.807) is 43.5 Å². The fraction of sp³-hybridized carbons (Fsp3) is 0.269. The summed E-state index contributed by atoms with van der Waals surface area (Å²) in [5, 5.41) is 3.75.